The number of rotatable bonds is 7. The summed E-state index contributed by atoms with van der Waals surface area (Å²) < 4.78 is 1.94. The molecule has 6 nitrogen and oxygen atoms in total. The first-order chi connectivity index (χ1) is 15.1. The monoisotopic (exact) mass is 467 g/mol. The summed E-state index contributed by atoms with van der Waals surface area (Å²) in [6, 6.07) is 19.4. The normalized spacial score (nSPS) is 11.2. The van der Waals surface area contributed by atoms with E-state index in [1.807, 2.05) is 77.5 Å². The van der Waals surface area contributed by atoms with Gasteiger partial charge in [-0.25, -0.2) is 5.43 Å². The molecule has 0 unspecified atom stereocenters. The Morgan fingerprint density at radius 3 is 2.65 bits per heavy atom. The van der Waals surface area contributed by atoms with Crippen LogP contribution < -0.4 is 5.43 Å². The van der Waals surface area contributed by atoms with Crippen LogP contribution in [0.5, 0.6) is 0 Å². The maximum atomic E-state index is 12.2. The molecular formula is C22H18ClN5OS2. The number of halogens is 1. The van der Waals surface area contributed by atoms with E-state index < -0.39 is 0 Å². The molecule has 0 aliphatic rings. The number of aryl methyl sites for hydroxylation is 1. The quantitative estimate of drug-likeness (QED) is 0.230. The number of aromatic nitrogens is 3. The van der Waals surface area contributed by atoms with Gasteiger partial charge in [0.15, 0.2) is 11.0 Å². The molecule has 0 spiro atoms. The van der Waals surface area contributed by atoms with E-state index in [2.05, 4.69) is 20.7 Å². The second-order valence-electron chi connectivity index (χ2n) is 6.58. The molecule has 1 N–H and O–H groups in total. The third kappa shape index (κ3) is 5.41. The lowest BCUT2D eigenvalue weighted by Gasteiger charge is -2.10. The van der Waals surface area contributed by atoms with E-state index in [1.54, 1.807) is 17.6 Å². The van der Waals surface area contributed by atoms with Crippen LogP contribution in [0.15, 0.2) is 76.3 Å². The van der Waals surface area contributed by atoms with Crippen molar-refractivity contribution < 1.29 is 4.79 Å². The highest BCUT2D eigenvalue weighted by Gasteiger charge is 2.17. The van der Waals surface area contributed by atoms with E-state index in [4.69, 9.17) is 11.6 Å². The van der Waals surface area contributed by atoms with Gasteiger partial charge in [-0.3, -0.25) is 9.36 Å². The Bertz CT molecular complexity index is 1190. The minimum atomic E-state index is -0.218. The molecule has 1 amide bonds. The molecule has 2 heterocycles. The van der Waals surface area contributed by atoms with Gasteiger partial charge in [0.2, 0.25) is 0 Å². The van der Waals surface area contributed by atoms with Crippen LogP contribution in [0, 0.1) is 6.92 Å². The number of nitrogens with one attached hydrogen (secondary N) is 1. The first kappa shape index (κ1) is 21.3. The standard InChI is InChI=1S/C22H18ClN5OS2/c1-15-4-10-18(11-5-15)28-21(16-6-8-17(23)9-7-16)26-27-22(28)31-14-20(29)25-24-13-19-3-2-12-30-19/h2-13H,14H2,1H3,(H,25,29)/b24-13-. The van der Waals surface area contributed by atoms with Crippen molar-refractivity contribution in [1.82, 2.24) is 20.2 Å². The topological polar surface area (TPSA) is 72.2 Å². The van der Waals surface area contributed by atoms with Crippen LogP contribution in [0.3, 0.4) is 0 Å². The molecule has 2 aromatic heterocycles. The second-order valence-corrected chi connectivity index (χ2v) is 8.94. The molecule has 9 heteroatoms. The second kappa shape index (κ2) is 9.91. The zero-order valence-corrected chi connectivity index (χ0v) is 18.9. The summed E-state index contributed by atoms with van der Waals surface area (Å²) >= 11 is 8.89. The van der Waals surface area contributed by atoms with Gasteiger partial charge in [0.1, 0.15) is 0 Å². The number of nitrogens with zero attached hydrogens (tertiary/aromatic N) is 4. The van der Waals surface area contributed by atoms with Crippen molar-refractivity contribution in [2.75, 3.05) is 5.75 Å². The Labute approximate surface area is 193 Å². The van der Waals surface area contributed by atoms with Gasteiger partial charge in [-0.1, -0.05) is 47.1 Å². The maximum Gasteiger partial charge on any atom is 0.250 e. The summed E-state index contributed by atoms with van der Waals surface area (Å²) in [6.45, 7) is 2.03. The Morgan fingerprint density at radius 1 is 1.16 bits per heavy atom. The van der Waals surface area contributed by atoms with Gasteiger partial charge in [0, 0.05) is 21.2 Å². The van der Waals surface area contributed by atoms with Crippen molar-refractivity contribution in [2.24, 2.45) is 5.10 Å². The van der Waals surface area contributed by atoms with Crippen molar-refractivity contribution in [3.8, 4) is 17.1 Å². The van der Waals surface area contributed by atoms with E-state index in [1.165, 1.54) is 11.8 Å². The number of hydrogen-bond donors (Lipinski definition) is 1. The molecule has 156 valence electrons. The van der Waals surface area contributed by atoms with Crippen LogP contribution in [-0.4, -0.2) is 32.6 Å². The molecule has 0 aliphatic carbocycles. The fourth-order valence-corrected chi connectivity index (χ4v) is 4.23. The highest BCUT2D eigenvalue weighted by atomic mass is 35.5. The molecule has 0 fully saturated rings. The third-order valence-electron chi connectivity index (χ3n) is 4.28. The number of amides is 1. The summed E-state index contributed by atoms with van der Waals surface area (Å²) in [5.74, 6) is 0.621. The molecule has 2 aromatic carbocycles. The van der Waals surface area contributed by atoms with E-state index >= 15 is 0 Å². The number of benzene rings is 2. The largest absolute Gasteiger partial charge is 0.272 e. The predicted molar refractivity (Wildman–Crippen MR) is 127 cm³/mol. The van der Waals surface area contributed by atoms with Crippen molar-refractivity contribution in [3.63, 3.8) is 0 Å². The average molecular weight is 468 g/mol. The van der Waals surface area contributed by atoms with E-state index in [0.717, 1.165) is 21.7 Å². The summed E-state index contributed by atoms with van der Waals surface area (Å²) in [6.07, 6.45) is 1.63. The minimum absolute atomic E-state index is 0.159. The lowest BCUT2D eigenvalue weighted by Crippen LogP contribution is -2.19. The number of carbonyl (C=O) groups is 1. The molecule has 0 aliphatic heterocycles. The molecular weight excluding hydrogens is 450 g/mol. The van der Waals surface area contributed by atoms with E-state index in [9.17, 15) is 4.79 Å². The summed E-state index contributed by atoms with van der Waals surface area (Å²) in [5.41, 5.74) is 5.50. The third-order valence-corrected chi connectivity index (χ3v) is 6.27. The fraction of sp³-hybridized carbons (Fsp3) is 0.0909. The van der Waals surface area contributed by atoms with Gasteiger partial charge in [-0.05, 0) is 54.8 Å². The molecule has 4 aromatic rings. The lowest BCUT2D eigenvalue weighted by atomic mass is 10.2. The van der Waals surface area contributed by atoms with Gasteiger partial charge >= 0.3 is 0 Å². The number of carbonyl (C=O) groups excluding carboxylic acids is 1. The van der Waals surface area contributed by atoms with Gasteiger partial charge in [0.05, 0.1) is 12.0 Å². The zero-order chi connectivity index (χ0) is 21.6. The SMILES string of the molecule is Cc1ccc(-n2c(SCC(=O)N/N=C\c3cccs3)nnc2-c2ccc(Cl)cc2)cc1. The molecule has 0 radical (unpaired) electrons. The predicted octanol–water partition coefficient (Wildman–Crippen LogP) is 5.20. The maximum absolute atomic E-state index is 12.2. The number of thioether (sulfide) groups is 1. The first-order valence-corrected chi connectivity index (χ1v) is 11.6. The highest BCUT2D eigenvalue weighted by Crippen LogP contribution is 2.28. The minimum Gasteiger partial charge on any atom is -0.272 e. The van der Waals surface area contributed by atoms with Crippen LogP contribution in [-0.2, 0) is 4.79 Å². The zero-order valence-electron chi connectivity index (χ0n) is 16.5. The number of thiophene rings is 1. The van der Waals surface area contributed by atoms with Gasteiger partial charge in [0.25, 0.3) is 5.91 Å². The van der Waals surface area contributed by atoms with Gasteiger partial charge < -0.3 is 0 Å². The molecule has 0 atom stereocenters. The summed E-state index contributed by atoms with van der Waals surface area (Å²) in [5, 5.41) is 15.9. The van der Waals surface area contributed by atoms with Gasteiger partial charge in [-0.2, -0.15) is 5.10 Å². The molecule has 4 rings (SSSR count). The van der Waals surface area contributed by atoms with Crippen LogP contribution in [0.4, 0.5) is 0 Å². The summed E-state index contributed by atoms with van der Waals surface area (Å²) in [7, 11) is 0. The van der Waals surface area contributed by atoms with Crippen molar-refractivity contribution in [3.05, 3.63) is 81.5 Å². The number of hydrogen-bond acceptors (Lipinski definition) is 6. The smallest absolute Gasteiger partial charge is 0.250 e. The van der Waals surface area contributed by atoms with Crippen LogP contribution in [0.25, 0.3) is 17.1 Å². The highest BCUT2D eigenvalue weighted by molar-refractivity contribution is 7.99. The lowest BCUT2D eigenvalue weighted by molar-refractivity contribution is -0.118. The van der Waals surface area contributed by atoms with Crippen LogP contribution >= 0.6 is 34.7 Å². The van der Waals surface area contributed by atoms with Crippen LogP contribution in [0.1, 0.15) is 10.4 Å². The molecule has 0 bridgehead atoms. The Morgan fingerprint density at radius 2 is 1.94 bits per heavy atom. The van der Waals surface area contributed by atoms with Crippen molar-refractivity contribution in [1.29, 1.82) is 0 Å². The van der Waals surface area contributed by atoms with Crippen molar-refractivity contribution in [2.45, 2.75) is 12.1 Å². The summed E-state index contributed by atoms with van der Waals surface area (Å²) in [4.78, 5) is 13.2. The first-order valence-electron chi connectivity index (χ1n) is 9.37. The number of hydrazone groups is 1. The molecule has 0 saturated carbocycles. The van der Waals surface area contributed by atoms with Crippen molar-refractivity contribution >= 4 is 46.8 Å². The fourth-order valence-electron chi connectivity index (χ4n) is 2.77. The Hall–Kier alpha value is -2.94. The molecule has 0 saturated heterocycles. The Kier molecular flexibility index (Phi) is 6.81. The van der Waals surface area contributed by atoms with E-state index in [0.29, 0.717) is 16.0 Å². The van der Waals surface area contributed by atoms with Crippen LogP contribution in [0.2, 0.25) is 5.02 Å². The van der Waals surface area contributed by atoms with E-state index in [-0.39, 0.29) is 11.7 Å². The Balaban J connectivity index is 1.54. The van der Waals surface area contributed by atoms with Gasteiger partial charge in [-0.15, -0.1) is 21.5 Å². The average Bonchev–Trinajstić information content (AvgIpc) is 3.43. The molecule has 31 heavy (non-hydrogen) atoms.